The number of esters is 1. The van der Waals surface area contributed by atoms with Gasteiger partial charge in [0.1, 0.15) is 0 Å². The Kier molecular flexibility index (Phi) is 11.0. The molecule has 3 heteroatoms. The molecule has 0 aliphatic heterocycles. The standard InChI is InChI=1S/C18H28O2S/c1-2-3-4-5-6-7-8-12-15-20-18(19)16-21-17-13-10-9-11-14-17/h9-11,13-14H,2-8,12,15-16H2,1H3. The maximum Gasteiger partial charge on any atom is 0.316 e. The molecule has 1 aromatic rings. The summed E-state index contributed by atoms with van der Waals surface area (Å²) in [5.41, 5.74) is 0. The Morgan fingerprint density at radius 2 is 1.57 bits per heavy atom. The van der Waals surface area contributed by atoms with Crippen molar-refractivity contribution in [3.05, 3.63) is 30.3 Å². The maximum atomic E-state index is 11.6. The Bertz CT molecular complexity index is 365. The summed E-state index contributed by atoms with van der Waals surface area (Å²) in [6.07, 6.45) is 10.1. The first-order chi connectivity index (χ1) is 10.3. The van der Waals surface area contributed by atoms with E-state index in [1.165, 1.54) is 56.7 Å². The van der Waals surface area contributed by atoms with Crippen LogP contribution in [0.5, 0.6) is 0 Å². The van der Waals surface area contributed by atoms with E-state index in [1.54, 1.807) is 0 Å². The number of rotatable bonds is 12. The Morgan fingerprint density at radius 3 is 2.24 bits per heavy atom. The summed E-state index contributed by atoms with van der Waals surface area (Å²) in [7, 11) is 0. The van der Waals surface area contributed by atoms with Gasteiger partial charge >= 0.3 is 5.97 Å². The molecule has 0 heterocycles. The van der Waals surface area contributed by atoms with Crippen molar-refractivity contribution in [1.82, 2.24) is 0 Å². The van der Waals surface area contributed by atoms with Crippen LogP contribution < -0.4 is 0 Å². The predicted molar refractivity (Wildman–Crippen MR) is 90.7 cm³/mol. The van der Waals surface area contributed by atoms with Crippen LogP contribution in [0.1, 0.15) is 58.3 Å². The number of ether oxygens (including phenoxy) is 1. The number of unbranched alkanes of at least 4 members (excludes halogenated alkanes) is 7. The summed E-state index contributed by atoms with van der Waals surface area (Å²) in [5.74, 6) is 0.299. The first-order valence-corrected chi connectivity index (χ1v) is 9.15. The topological polar surface area (TPSA) is 26.3 Å². The van der Waals surface area contributed by atoms with Crippen molar-refractivity contribution < 1.29 is 9.53 Å². The second kappa shape index (κ2) is 12.8. The van der Waals surface area contributed by atoms with Gasteiger partial charge in [-0.25, -0.2) is 0 Å². The zero-order chi connectivity index (χ0) is 15.2. The molecule has 0 amide bonds. The van der Waals surface area contributed by atoms with Crippen molar-refractivity contribution in [3.63, 3.8) is 0 Å². The van der Waals surface area contributed by atoms with Crippen LogP contribution in [0.2, 0.25) is 0 Å². The molecule has 1 aromatic carbocycles. The summed E-state index contributed by atoms with van der Waals surface area (Å²) in [6.45, 7) is 2.81. The molecule has 118 valence electrons. The molecule has 1 rings (SSSR count). The van der Waals surface area contributed by atoms with Crippen LogP contribution in [0.25, 0.3) is 0 Å². The zero-order valence-corrected chi connectivity index (χ0v) is 14.0. The molecule has 0 radical (unpaired) electrons. The average Bonchev–Trinajstić information content (AvgIpc) is 2.52. The van der Waals surface area contributed by atoms with Crippen LogP contribution in [0.4, 0.5) is 0 Å². The number of hydrogen-bond acceptors (Lipinski definition) is 3. The largest absolute Gasteiger partial charge is 0.465 e. The lowest BCUT2D eigenvalue weighted by Crippen LogP contribution is -2.08. The number of carbonyl (C=O) groups is 1. The van der Waals surface area contributed by atoms with E-state index >= 15 is 0 Å². The fourth-order valence-electron chi connectivity index (χ4n) is 2.12. The number of thioether (sulfide) groups is 1. The summed E-state index contributed by atoms with van der Waals surface area (Å²) < 4.78 is 5.25. The summed E-state index contributed by atoms with van der Waals surface area (Å²) in [5, 5.41) is 0. The van der Waals surface area contributed by atoms with Gasteiger partial charge in [-0.05, 0) is 18.6 Å². The second-order valence-electron chi connectivity index (χ2n) is 5.30. The van der Waals surface area contributed by atoms with E-state index in [4.69, 9.17) is 4.74 Å². The lowest BCUT2D eigenvalue weighted by Gasteiger charge is -2.05. The van der Waals surface area contributed by atoms with Gasteiger partial charge in [0.25, 0.3) is 0 Å². The van der Waals surface area contributed by atoms with Gasteiger partial charge in [0.2, 0.25) is 0 Å². The average molecular weight is 308 g/mol. The smallest absolute Gasteiger partial charge is 0.316 e. The quantitative estimate of drug-likeness (QED) is 0.291. The van der Waals surface area contributed by atoms with Crippen molar-refractivity contribution in [2.45, 2.75) is 63.2 Å². The third-order valence-electron chi connectivity index (χ3n) is 3.36. The lowest BCUT2D eigenvalue weighted by molar-refractivity contribution is -0.140. The fraction of sp³-hybridized carbons (Fsp3) is 0.611. The van der Waals surface area contributed by atoms with Crippen molar-refractivity contribution in [2.24, 2.45) is 0 Å². The van der Waals surface area contributed by atoms with Crippen LogP contribution >= 0.6 is 11.8 Å². The minimum absolute atomic E-state index is 0.105. The molecule has 0 saturated heterocycles. The number of carbonyl (C=O) groups excluding carboxylic acids is 1. The molecule has 0 spiro atoms. The molecule has 21 heavy (non-hydrogen) atoms. The first kappa shape index (κ1) is 18.1. The number of hydrogen-bond donors (Lipinski definition) is 0. The van der Waals surface area contributed by atoms with Gasteiger partial charge in [-0.15, -0.1) is 11.8 Å². The van der Waals surface area contributed by atoms with E-state index in [9.17, 15) is 4.79 Å². The van der Waals surface area contributed by atoms with E-state index in [2.05, 4.69) is 6.92 Å². The van der Waals surface area contributed by atoms with Crippen LogP contribution in [0.3, 0.4) is 0 Å². The third kappa shape index (κ3) is 10.4. The molecule has 0 aromatic heterocycles. The minimum Gasteiger partial charge on any atom is -0.465 e. The molecule has 2 nitrogen and oxygen atoms in total. The molecule has 0 N–H and O–H groups in total. The van der Waals surface area contributed by atoms with E-state index in [0.717, 1.165) is 11.3 Å². The Morgan fingerprint density at radius 1 is 0.952 bits per heavy atom. The van der Waals surface area contributed by atoms with Gasteiger partial charge in [0.05, 0.1) is 12.4 Å². The van der Waals surface area contributed by atoms with Crippen LogP contribution in [0.15, 0.2) is 35.2 Å². The van der Waals surface area contributed by atoms with E-state index in [1.807, 2.05) is 30.3 Å². The predicted octanol–water partition coefficient (Wildman–Crippen LogP) is 5.46. The summed E-state index contributed by atoms with van der Waals surface area (Å²) >= 11 is 1.53. The van der Waals surface area contributed by atoms with Gasteiger partial charge in [-0.1, -0.05) is 70.1 Å². The highest BCUT2D eigenvalue weighted by Crippen LogP contribution is 2.16. The molecular formula is C18H28O2S. The molecule has 0 atom stereocenters. The van der Waals surface area contributed by atoms with Crippen LogP contribution in [0, 0.1) is 0 Å². The highest BCUT2D eigenvalue weighted by Gasteiger charge is 2.03. The summed E-state index contributed by atoms with van der Waals surface area (Å²) in [6, 6.07) is 9.96. The van der Waals surface area contributed by atoms with Crippen LogP contribution in [-0.2, 0) is 9.53 Å². The second-order valence-corrected chi connectivity index (χ2v) is 6.35. The Hall–Kier alpha value is -0.960. The van der Waals surface area contributed by atoms with Crippen molar-refractivity contribution >= 4 is 17.7 Å². The van der Waals surface area contributed by atoms with Gasteiger partial charge in [-0.3, -0.25) is 4.79 Å². The first-order valence-electron chi connectivity index (χ1n) is 8.16. The van der Waals surface area contributed by atoms with Gasteiger partial charge in [0.15, 0.2) is 0 Å². The number of benzene rings is 1. The van der Waals surface area contributed by atoms with Crippen molar-refractivity contribution in [2.75, 3.05) is 12.4 Å². The molecular weight excluding hydrogens is 280 g/mol. The highest BCUT2D eigenvalue weighted by molar-refractivity contribution is 8.00. The van der Waals surface area contributed by atoms with E-state index < -0.39 is 0 Å². The third-order valence-corrected chi connectivity index (χ3v) is 4.35. The SMILES string of the molecule is CCCCCCCCCCOC(=O)CSc1ccccc1. The van der Waals surface area contributed by atoms with Crippen LogP contribution in [-0.4, -0.2) is 18.3 Å². The molecule has 0 aliphatic carbocycles. The Labute approximate surface area is 133 Å². The van der Waals surface area contributed by atoms with Crippen molar-refractivity contribution in [3.8, 4) is 0 Å². The lowest BCUT2D eigenvalue weighted by atomic mass is 10.1. The molecule has 0 saturated carbocycles. The molecule has 0 fully saturated rings. The zero-order valence-electron chi connectivity index (χ0n) is 13.2. The Balaban J connectivity index is 1.89. The van der Waals surface area contributed by atoms with E-state index in [-0.39, 0.29) is 5.97 Å². The normalized spacial score (nSPS) is 10.5. The van der Waals surface area contributed by atoms with Gasteiger partial charge in [-0.2, -0.15) is 0 Å². The van der Waals surface area contributed by atoms with E-state index in [0.29, 0.717) is 12.4 Å². The summed E-state index contributed by atoms with van der Waals surface area (Å²) in [4.78, 5) is 12.7. The fourth-order valence-corrected chi connectivity index (χ4v) is 2.84. The van der Waals surface area contributed by atoms with Crippen molar-refractivity contribution in [1.29, 1.82) is 0 Å². The minimum atomic E-state index is -0.105. The molecule has 0 unspecified atom stereocenters. The molecule has 0 aliphatic rings. The highest BCUT2D eigenvalue weighted by atomic mass is 32.2. The molecule has 0 bridgehead atoms. The van der Waals surface area contributed by atoms with Gasteiger partial charge in [0, 0.05) is 4.90 Å². The van der Waals surface area contributed by atoms with Gasteiger partial charge < -0.3 is 4.74 Å². The maximum absolute atomic E-state index is 11.6. The monoisotopic (exact) mass is 308 g/mol.